The van der Waals surface area contributed by atoms with Crippen molar-refractivity contribution < 1.29 is 0 Å². The first-order valence-electron chi connectivity index (χ1n) is 4.36. The standard InChI is InChI=1S/C10H14BrNS/c1-8(12)4-2-3-5-9-6-7-10(11)13-9/h3,5-8H,2,4,12H2,1H3/b5-3+. The molecule has 0 spiro atoms. The van der Waals surface area contributed by atoms with E-state index in [9.17, 15) is 0 Å². The van der Waals surface area contributed by atoms with Crippen LogP contribution in [0.5, 0.6) is 0 Å². The van der Waals surface area contributed by atoms with Gasteiger partial charge in [-0.05, 0) is 53.9 Å². The SMILES string of the molecule is CC(N)CC/C=C/c1ccc(Br)s1. The number of nitrogens with two attached hydrogens (primary N) is 1. The lowest BCUT2D eigenvalue weighted by Crippen LogP contribution is -2.13. The van der Waals surface area contributed by atoms with Crippen molar-refractivity contribution >= 4 is 33.3 Å². The Hall–Kier alpha value is -0.120. The van der Waals surface area contributed by atoms with E-state index in [1.807, 2.05) is 6.92 Å². The summed E-state index contributed by atoms with van der Waals surface area (Å²) >= 11 is 5.17. The van der Waals surface area contributed by atoms with Crippen molar-refractivity contribution in [2.45, 2.75) is 25.8 Å². The molecule has 1 heterocycles. The number of hydrogen-bond acceptors (Lipinski definition) is 2. The number of allylic oxidation sites excluding steroid dienone is 1. The highest BCUT2D eigenvalue weighted by atomic mass is 79.9. The summed E-state index contributed by atoms with van der Waals surface area (Å²) < 4.78 is 1.18. The van der Waals surface area contributed by atoms with Gasteiger partial charge in [0.25, 0.3) is 0 Å². The maximum absolute atomic E-state index is 5.64. The maximum atomic E-state index is 5.64. The predicted octanol–water partition coefficient (Wildman–Crippen LogP) is 3.65. The van der Waals surface area contributed by atoms with Gasteiger partial charge in [-0.3, -0.25) is 0 Å². The average Bonchev–Trinajstić information content (AvgIpc) is 2.45. The van der Waals surface area contributed by atoms with Crippen molar-refractivity contribution in [1.82, 2.24) is 0 Å². The molecule has 0 aliphatic carbocycles. The quantitative estimate of drug-likeness (QED) is 0.878. The highest BCUT2D eigenvalue weighted by Crippen LogP contribution is 2.23. The second-order valence-electron chi connectivity index (χ2n) is 3.10. The van der Waals surface area contributed by atoms with Crippen molar-refractivity contribution in [3.8, 4) is 0 Å². The minimum absolute atomic E-state index is 0.305. The van der Waals surface area contributed by atoms with Crippen molar-refractivity contribution in [2.24, 2.45) is 5.73 Å². The van der Waals surface area contributed by atoms with Gasteiger partial charge in [-0.2, -0.15) is 0 Å². The van der Waals surface area contributed by atoms with Crippen molar-refractivity contribution in [3.63, 3.8) is 0 Å². The Bertz CT molecular complexity index is 278. The summed E-state index contributed by atoms with van der Waals surface area (Å²) in [6.45, 7) is 2.04. The molecule has 1 rings (SSSR count). The highest BCUT2D eigenvalue weighted by molar-refractivity contribution is 9.11. The molecule has 1 aromatic heterocycles. The summed E-state index contributed by atoms with van der Waals surface area (Å²) in [6.07, 6.45) is 6.45. The molecule has 1 nitrogen and oxygen atoms in total. The van der Waals surface area contributed by atoms with Crippen molar-refractivity contribution in [3.05, 3.63) is 26.9 Å². The monoisotopic (exact) mass is 259 g/mol. The zero-order chi connectivity index (χ0) is 9.68. The summed E-state index contributed by atoms with van der Waals surface area (Å²) in [5, 5.41) is 0. The molecule has 3 heteroatoms. The molecule has 1 unspecified atom stereocenters. The zero-order valence-corrected chi connectivity index (χ0v) is 10.1. The number of halogens is 1. The van der Waals surface area contributed by atoms with Gasteiger partial charge in [-0.25, -0.2) is 0 Å². The Morgan fingerprint density at radius 3 is 2.92 bits per heavy atom. The van der Waals surface area contributed by atoms with Gasteiger partial charge in [0.05, 0.1) is 3.79 Å². The fourth-order valence-electron chi connectivity index (χ4n) is 0.976. The van der Waals surface area contributed by atoms with Crippen molar-refractivity contribution in [1.29, 1.82) is 0 Å². The summed E-state index contributed by atoms with van der Waals surface area (Å²) in [6, 6.07) is 4.48. The molecule has 0 amide bonds. The van der Waals surface area contributed by atoms with Crippen LogP contribution in [0.3, 0.4) is 0 Å². The zero-order valence-electron chi connectivity index (χ0n) is 7.66. The minimum atomic E-state index is 0.305. The van der Waals surface area contributed by atoms with Gasteiger partial charge in [0.2, 0.25) is 0 Å². The first-order chi connectivity index (χ1) is 6.18. The maximum Gasteiger partial charge on any atom is 0.0704 e. The van der Waals surface area contributed by atoms with Gasteiger partial charge >= 0.3 is 0 Å². The third-order valence-corrected chi connectivity index (χ3v) is 3.25. The average molecular weight is 260 g/mol. The lowest BCUT2D eigenvalue weighted by Gasteiger charge is -1.98. The fourth-order valence-corrected chi connectivity index (χ4v) is 2.33. The molecule has 2 N–H and O–H groups in total. The van der Waals surface area contributed by atoms with E-state index in [0.717, 1.165) is 12.8 Å². The molecule has 13 heavy (non-hydrogen) atoms. The van der Waals surface area contributed by atoms with Crippen LogP contribution in [-0.2, 0) is 0 Å². The van der Waals surface area contributed by atoms with Gasteiger partial charge in [-0.1, -0.05) is 6.08 Å². The Labute approximate surface area is 91.8 Å². The first-order valence-corrected chi connectivity index (χ1v) is 5.97. The van der Waals surface area contributed by atoms with Crippen LogP contribution >= 0.6 is 27.3 Å². The van der Waals surface area contributed by atoms with Crippen LogP contribution in [0.1, 0.15) is 24.6 Å². The Morgan fingerprint density at radius 1 is 1.62 bits per heavy atom. The molecule has 1 atom stereocenters. The molecule has 0 aliphatic heterocycles. The van der Waals surface area contributed by atoms with E-state index in [0.29, 0.717) is 6.04 Å². The molecular formula is C10H14BrNS. The summed E-state index contributed by atoms with van der Waals surface area (Å²) in [5.74, 6) is 0. The lowest BCUT2D eigenvalue weighted by atomic mass is 10.2. The van der Waals surface area contributed by atoms with Crippen LogP contribution in [0.25, 0.3) is 6.08 Å². The van der Waals surface area contributed by atoms with E-state index < -0.39 is 0 Å². The molecule has 0 fully saturated rings. The Balaban J connectivity index is 2.32. The highest BCUT2D eigenvalue weighted by Gasteiger charge is 1.93. The molecular weight excluding hydrogens is 246 g/mol. The van der Waals surface area contributed by atoms with E-state index in [4.69, 9.17) is 5.73 Å². The van der Waals surface area contributed by atoms with E-state index in [2.05, 4.69) is 40.2 Å². The molecule has 0 bridgehead atoms. The molecule has 1 aromatic rings. The van der Waals surface area contributed by atoms with Gasteiger partial charge in [-0.15, -0.1) is 11.3 Å². The van der Waals surface area contributed by atoms with Gasteiger partial charge in [0.15, 0.2) is 0 Å². The van der Waals surface area contributed by atoms with Gasteiger partial charge in [0.1, 0.15) is 0 Å². The molecule has 0 saturated heterocycles. The number of hydrogen-bond donors (Lipinski definition) is 1. The fraction of sp³-hybridized carbons (Fsp3) is 0.400. The van der Waals surface area contributed by atoms with Crippen LogP contribution in [-0.4, -0.2) is 6.04 Å². The number of thiophene rings is 1. The van der Waals surface area contributed by atoms with Crippen molar-refractivity contribution in [2.75, 3.05) is 0 Å². The van der Waals surface area contributed by atoms with E-state index in [1.165, 1.54) is 8.66 Å². The minimum Gasteiger partial charge on any atom is -0.328 e. The topological polar surface area (TPSA) is 26.0 Å². The summed E-state index contributed by atoms with van der Waals surface area (Å²) in [7, 11) is 0. The third-order valence-electron chi connectivity index (χ3n) is 1.66. The van der Waals surface area contributed by atoms with E-state index >= 15 is 0 Å². The normalized spacial score (nSPS) is 13.8. The van der Waals surface area contributed by atoms with Crippen LogP contribution in [0.15, 0.2) is 22.0 Å². The Morgan fingerprint density at radius 2 is 2.38 bits per heavy atom. The molecule has 72 valence electrons. The summed E-state index contributed by atoms with van der Waals surface area (Å²) in [4.78, 5) is 1.29. The predicted molar refractivity (Wildman–Crippen MR) is 63.9 cm³/mol. The molecule has 0 saturated carbocycles. The molecule has 0 aromatic carbocycles. The second kappa shape index (κ2) is 5.58. The van der Waals surface area contributed by atoms with Crippen LogP contribution in [0.2, 0.25) is 0 Å². The largest absolute Gasteiger partial charge is 0.328 e. The number of rotatable bonds is 4. The van der Waals surface area contributed by atoms with E-state index in [1.54, 1.807) is 11.3 Å². The third kappa shape index (κ3) is 4.60. The smallest absolute Gasteiger partial charge is 0.0704 e. The lowest BCUT2D eigenvalue weighted by molar-refractivity contribution is 0.677. The molecule has 0 radical (unpaired) electrons. The van der Waals surface area contributed by atoms with Gasteiger partial charge < -0.3 is 5.73 Å². The molecule has 0 aliphatic rings. The second-order valence-corrected chi connectivity index (χ2v) is 5.59. The van der Waals surface area contributed by atoms with Gasteiger partial charge in [0, 0.05) is 10.9 Å². The van der Waals surface area contributed by atoms with E-state index in [-0.39, 0.29) is 0 Å². The Kier molecular flexibility index (Phi) is 4.70. The van der Waals surface area contributed by atoms with Crippen LogP contribution in [0.4, 0.5) is 0 Å². The van der Waals surface area contributed by atoms with Crippen LogP contribution < -0.4 is 5.73 Å². The summed E-state index contributed by atoms with van der Waals surface area (Å²) in [5.41, 5.74) is 5.64. The van der Waals surface area contributed by atoms with Crippen LogP contribution in [0, 0.1) is 0 Å². The first kappa shape index (κ1) is 11.0.